The fourth-order valence-electron chi connectivity index (χ4n) is 2.73. The molecule has 0 saturated carbocycles. The van der Waals surface area contributed by atoms with Crippen LogP contribution in [0.3, 0.4) is 0 Å². The monoisotopic (exact) mass is 241 g/mol. The third-order valence-electron chi connectivity index (χ3n) is 3.72. The molecule has 0 amide bonds. The quantitative estimate of drug-likeness (QED) is 0.770. The summed E-state index contributed by atoms with van der Waals surface area (Å²) >= 11 is 0. The van der Waals surface area contributed by atoms with Gasteiger partial charge in [0.15, 0.2) is 0 Å². The van der Waals surface area contributed by atoms with E-state index in [0.717, 1.165) is 36.3 Å². The summed E-state index contributed by atoms with van der Waals surface area (Å²) in [5, 5.41) is 9.13. The highest BCUT2D eigenvalue weighted by molar-refractivity contribution is 5.82. The molecule has 1 aliphatic heterocycles. The minimum atomic E-state index is -0.319. The molecule has 1 atom stereocenters. The minimum absolute atomic E-state index is 0.319. The van der Waals surface area contributed by atoms with Crippen molar-refractivity contribution in [2.24, 2.45) is 7.05 Å². The summed E-state index contributed by atoms with van der Waals surface area (Å²) < 4.78 is 7.89. The van der Waals surface area contributed by atoms with Crippen LogP contribution in [-0.2, 0) is 17.4 Å². The van der Waals surface area contributed by atoms with E-state index in [9.17, 15) is 0 Å². The highest BCUT2D eigenvalue weighted by Crippen LogP contribution is 2.36. The van der Waals surface area contributed by atoms with Crippen molar-refractivity contribution in [1.29, 1.82) is 5.26 Å². The second-order valence-corrected chi connectivity index (χ2v) is 4.96. The molecule has 1 saturated heterocycles. The normalized spacial score (nSPS) is 23.4. The molecule has 1 unspecified atom stereocenters. The van der Waals surface area contributed by atoms with E-state index in [1.165, 1.54) is 0 Å². The Labute approximate surface area is 106 Å². The first-order valence-corrected chi connectivity index (χ1v) is 6.16. The molecule has 0 bridgehead atoms. The number of hydrogen-bond donors (Lipinski definition) is 0. The van der Waals surface area contributed by atoms with Crippen molar-refractivity contribution in [1.82, 2.24) is 9.55 Å². The SMILES string of the molecule is Cn1c(C2(C)CCCO2)nc2c(C#N)cccc21. The van der Waals surface area contributed by atoms with Crippen LogP contribution in [0.2, 0.25) is 0 Å². The number of nitrogens with zero attached hydrogens (tertiary/aromatic N) is 3. The van der Waals surface area contributed by atoms with Crippen molar-refractivity contribution >= 4 is 11.0 Å². The summed E-state index contributed by atoms with van der Waals surface area (Å²) in [6.07, 6.45) is 2.04. The largest absolute Gasteiger partial charge is 0.367 e. The standard InChI is InChI=1S/C14H15N3O/c1-14(7-4-8-18-14)13-16-12-10(9-15)5-3-6-11(12)17(13)2/h3,5-6H,4,7-8H2,1-2H3. The Morgan fingerprint density at radius 2 is 2.33 bits per heavy atom. The lowest BCUT2D eigenvalue weighted by molar-refractivity contribution is 0.00761. The lowest BCUT2D eigenvalue weighted by atomic mass is 10.0. The van der Waals surface area contributed by atoms with Gasteiger partial charge in [0.2, 0.25) is 0 Å². The number of benzene rings is 1. The van der Waals surface area contributed by atoms with Crippen molar-refractivity contribution < 1.29 is 4.74 Å². The van der Waals surface area contributed by atoms with Crippen LogP contribution >= 0.6 is 0 Å². The summed E-state index contributed by atoms with van der Waals surface area (Å²) in [4.78, 5) is 4.65. The Morgan fingerprint density at radius 3 is 3.00 bits per heavy atom. The number of aromatic nitrogens is 2. The lowest BCUT2D eigenvalue weighted by Crippen LogP contribution is -2.24. The molecule has 1 aliphatic rings. The molecule has 2 aromatic rings. The zero-order chi connectivity index (χ0) is 12.8. The maximum atomic E-state index is 9.13. The summed E-state index contributed by atoms with van der Waals surface area (Å²) in [5.41, 5.74) is 2.06. The predicted octanol–water partition coefficient (Wildman–Crippen LogP) is 2.47. The molecule has 0 aliphatic carbocycles. The second kappa shape index (κ2) is 3.82. The van der Waals surface area contributed by atoms with Gasteiger partial charge in [-0.05, 0) is 31.9 Å². The van der Waals surface area contributed by atoms with Gasteiger partial charge in [-0.1, -0.05) is 6.07 Å². The van der Waals surface area contributed by atoms with Gasteiger partial charge in [-0.25, -0.2) is 4.98 Å². The van der Waals surface area contributed by atoms with Gasteiger partial charge in [0.25, 0.3) is 0 Å². The van der Waals surface area contributed by atoms with E-state index < -0.39 is 0 Å². The van der Waals surface area contributed by atoms with Crippen LogP contribution in [-0.4, -0.2) is 16.2 Å². The molecule has 1 aromatic carbocycles. The Morgan fingerprint density at radius 1 is 1.50 bits per heavy atom. The van der Waals surface area contributed by atoms with Crippen molar-refractivity contribution in [2.45, 2.75) is 25.4 Å². The average Bonchev–Trinajstić information content (AvgIpc) is 2.95. The summed E-state index contributed by atoms with van der Waals surface area (Å²) in [6, 6.07) is 7.88. The van der Waals surface area contributed by atoms with Crippen molar-refractivity contribution in [3.05, 3.63) is 29.6 Å². The first-order chi connectivity index (χ1) is 8.65. The summed E-state index contributed by atoms with van der Waals surface area (Å²) in [6.45, 7) is 2.86. The van der Waals surface area contributed by atoms with Crippen LogP contribution in [0.4, 0.5) is 0 Å². The highest BCUT2D eigenvalue weighted by Gasteiger charge is 2.36. The molecule has 1 fully saturated rings. The van der Waals surface area contributed by atoms with Crippen LogP contribution in [0.15, 0.2) is 18.2 Å². The van der Waals surface area contributed by atoms with Gasteiger partial charge >= 0.3 is 0 Å². The summed E-state index contributed by atoms with van der Waals surface area (Å²) in [7, 11) is 1.98. The highest BCUT2D eigenvalue weighted by atomic mass is 16.5. The molecule has 0 N–H and O–H groups in total. The number of hydrogen-bond acceptors (Lipinski definition) is 3. The van der Waals surface area contributed by atoms with E-state index in [-0.39, 0.29) is 5.60 Å². The maximum Gasteiger partial charge on any atom is 0.141 e. The molecule has 4 heteroatoms. The van der Waals surface area contributed by atoms with Gasteiger partial charge < -0.3 is 9.30 Å². The third-order valence-corrected chi connectivity index (χ3v) is 3.72. The topological polar surface area (TPSA) is 50.8 Å². The van der Waals surface area contributed by atoms with Gasteiger partial charge in [0.05, 0.1) is 11.1 Å². The Kier molecular flexibility index (Phi) is 2.39. The van der Waals surface area contributed by atoms with Crippen LogP contribution in [0.1, 0.15) is 31.2 Å². The van der Waals surface area contributed by atoms with E-state index in [2.05, 4.69) is 18.0 Å². The Bertz CT molecular complexity index is 645. The van der Waals surface area contributed by atoms with Crippen LogP contribution < -0.4 is 0 Å². The second-order valence-electron chi connectivity index (χ2n) is 4.96. The molecule has 3 rings (SSSR count). The number of ether oxygens (including phenoxy) is 1. The summed E-state index contributed by atoms with van der Waals surface area (Å²) in [5.74, 6) is 0.915. The third kappa shape index (κ3) is 1.44. The zero-order valence-corrected chi connectivity index (χ0v) is 10.6. The predicted molar refractivity (Wildman–Crippen MR) is 68.0 cm³/mol. The van der Waals surface area contributed by atoms with E-state index in [0.29, 0.717) is 5.56 Å². The van der Waals surface area contributed by atoms with Gasteiger partial charge in [0, 0.05) is 13.7 Å². The molecule has 4 nitrogen and oxygen atoms in total. The number of fused-ring (bicyclic) bond motifs is 1. The molecule has 2 heterocycles. The fraction of sp³-hybridized carbons (Fsp3) is 0.429. The average molecular weight is 241 g/mol. The van der Waals surface area contributed by atoms with Crippen molar-refractivity contribution in [3.8, 4) is 6.07 Å². The van der Waals surface area contributed by atoms with E-state index in [1.54, 1.807) is 6.07 Å². The van der Waals surface area contributed by atoms with Gasteiger partial charge in [-0.3, -0.25) is 0 Å². The van der Waals surface area contributed by atoms with Gasteiger partial charge in [0.1, 0.15) is 23.0 Å². The van der Waals surface area contributed by atoms with Crippen LogP contribution in [0.5, 0.6) is 0 Å². The number of imidazole rings is 1. The van der Waals surface area contributed by atoms with E-state index >= 15 is 0 Å². The zero-order valence-electron chi connectivity index (χ0n) is 10.6. The number of nitriles is 1. The molecule has 1 aromatic heterocycles. The minimum Gasteiger partial charge on any atom is -0.367 e. The Hall–Kier alpha value is -1.86. The number of rotatable bonds is 1. The Balaban J connectivity index is 2.26. The van der Waals surface area contributed by atoms with Crippen molar-refractivity contribution in [3.63, 3.8) is 0 Å². The first kappa shape index (κ1) is 11.2. The van der Waals surface area contributed by atoms with Gasteiger partial charge in [-0.2, -0.15) is 5.26 Å². The fourth-order valence-corrected chi connectivity index (χ4v) is 2.73. The molecular weight excluding hydrogens is 226 g/mol. The maximum absolute atomic E-state index is 9.13. The lowest BCUT2D eigenvalue weighted by Gasteiger charge is -2.22. The molecular formula is C14H15N3O. The van der Waals surface area contributed by atoms with Crippen molar-refractivity contribution in [2.75, 3.05) is 6.61 Å². The van der Waals surface area contributed by atoms with E-state index in [4.69, 9.17) is 10.00 Å². The molecule has 18 heavy (non-hydrogen) atoms. The number of aryl methyl sites for hydroxylation is 1. The van der Waals surface area contributed by atoms with Crippen LogP contribution in [0.25, 0.3) is 11.0 Å². The first-order valence-electron chi connectivity index (χ1n) is 6.16. The molecule has 0 radical (unpaired) electrons. The van der Waals surface area contributed by atoms with E-state index in [1.807, 2.05) is 23.7 Å². The molecule has 0 spiro atoms. The number of para-hydroxylation sites is 1. The molecule has 92 valence electrons. The van der Waals surface area contributed by atoms with Gasteiger partial charge in [-0.15, -0.1) is 0 Å². The smallest absolute Gasteiger partial charge is 0.141 e. The van der Waals surface area contributed by atoms with Crippen LogP contribution in [0, 0.1) is 11.3 Å².